The second-order valence-corrected chi connectivity index (χ2v) is 5.68. The summed E-state index contributed by atoms with van der Waals surface area (Å²) in [5.74, 6) is 0. The van der Waals surface area contributed by atoms with Gasteiger partial charge in [0, 0.05) is 13.2 Å². The smallest absolute Gasteiger partial charge is 0.0665 e. The highest BCUT2D eigenvalue weighted by atomic mass is 16.5. The van der Waals surface area contributed by atoms with Gasteiger partial charge in [-0.1, -0.05) is 36.2 Å². The molecule has 1 aliphatic rings. The predicted octanol–water partition coefficient (Wildman–Crippen LogP) is 3.15. The van der Waals surface area contributed by atoms with Crippen molar-refractivity contribution in [3.05, 3.63) is 34.9 Å². The first kappa shape index (κ1) is 15.5. The summed E-state index contributed by atoms with van der Waals surface area (Å²) >= 11 is 0. The molecule has 1 fully saturated rings. The Hall–Kier alpha value is -0.900. The van der Waals surface area contributed by atoms with Crippen molar-refractivity contribution < 1.29 is 9.47 Å². The summed E-state index contributed by atoms with van der Waals surface area (Å²) in [6.07, 6.45) is 2.40. The van der Waals surface area contributed by atoms with E-state index in [1.807, 2.05) is 0 Å². The Morgan fingerprint density at radius 3 is 2.45 bits per heavy atom. The minimum Gasteiger partial charge on any atom is -0.381 e. The van der Waals surface area contributed by atoms with Crippen LogP contribution in [0.3, 0.4) is 0 Å². The van der Waals surface area contributed by atoms with Gasteiger partial charge in [0.05, 0.1) is 18.8 Å². The van der Waals surface area contributed by atoms with Gasteiger partial charge < -0.3 is 14.8 Å². The topological polar surface area (TPSA) is 30.5 Å². The van der Waals surface area contributed by atoms with E-state index in [1.54, 1.807) is 0 Å². The van der Waals surface area contributed by atoms with Crippen molar-refractivity contribution >= 4 is 0 Å². The number of aryl methyl sites for hydroxylation is 2. The van der Waals surface area contributed by atoms with Crippen LogP contribution in [0.2, 0.25) is 0 Å². The molecule has 1 aliphatic heterocycles. The number of hydrogen-bond donors (Lipinski definition) is 1. The van der Waals surface area contributed by atoms with Gasteiger partial charge in [0.1, 0.15) is 0 Å². The lowest BCUT2D eigenvalue weighted by Gasteiger charge is -2.26. The van der Waals surface area contributed by atoms with Gasteiger partial charge in [0.25, 0.3) is 0 Å². The van der Waals surface area contributed by atoms with Crippen molar-refractivity contribution in [1.82, 2.24) is 5.32 Å². The zero-order valence-corrected chi connectivity index (χ0v) is 12.9. The molecular weight excluding hydrogens is 250 g/mol. The number of ether oxygens (including phenoxy) is 2. The molecule has 2 rings (SSSR count). The summed E-state index contributed by atoms with van der Waals surface area (Å²) in [6.45, 7) is 9.80. The standard InChI is InChI=1S/C17H27NO2/c1-4-18-17(12-20-16-5-7-19-8-6-16)15-10-13(2)9-14(3)11-15/h9-11,16-18H,4-8,12H2,1-3H3. The molecule has 3 nitrogen and oxygen atoms in total. The molecule has 1 saturated heterocycles. The minimum atomic E-state index is 0.279. The number of nitrogens with one attached hydrogen (secondary N) is 1. The summed E-state index contributed by atoms with van der Waals surface area (Å²) in [4.78, 5) is 0. The highest BCUT2D eigenvalue weighted by Crippen LogP contribution is 2.20. The number of rotatable bonds is 6. The largest absolute Gasteiger partial charge is 0.381 e. The third-order valence-electron chi connectivity index (χ3n) is 3.76. The molecule has 20 heavy (non-hydrogen) atoms. The maximum atomic E-state index is 6.09. The van der Waals surface area contributed by atoms with Crippen LogP contribution in [0, 0.1) is 13.8 Å². The normalized spacial score (nSPS) is 18.1. The van der Waals surface area contributed by atoms with Gasteiger partial charge in [0.2, 0.25) is 0 Å². The molecule has 1 heterocycles. The van der Waals surface area contributed by atoms with Crippen LogP contribution in [-0.2, 0) is 9.47 Å². The lowest BCUT2D eigenvalue weighted by Crippen LogP contribution is -2.30. The monoisotopic (exact) mass is 277 g/mol. The van der Waals surface area contributed by atoms with Crippen LogP contribution in [0.15, 0.2) is 18.2 Å². The third-order valence-corrected chi connectivity index (χ3v) is 3.76. The minimum absolute atomic E-state index is 0.279. The summed E-state index contributed by atoms with van der Waals surface area (Å²) in [5, 5.41) is 3.54. The SMILES string of the molecule is CCNC(COC1CCOCC1)c1cc(C)cc(C)c1. The quantitative estimate of drug-likeness (QED) is 0.866. The molecule has 0 bridgehead atoms. The van der Waals surface area contributed by atoms with Gasteiger partial charge in [-0.25, -0.2) is 0 Å². The fraction of sp³-hybridized carbons (Fsp3) is 0.647. The van der Waals surface area contributed by atoms with Crippen LogP contribution in [-0.4, -0.2) is 32.5 Å². The molecule has 0 spiro atoms. The van der Waals surface area contributed by atoms with E-state index >= 15 is 0 Å². The first-order valence-corrected chi connectivity index (χ1v) is 7.70. The van der Waals surface area contributed by atoms with Crippen molar-refractivity contribution in [3.8, 4) is 0 Å². The highest BCUT2D eigenvalue weighted by molar-refractivity contribution is 5.30. The van der Waals surface area contributed by atoms with Gasteiger partial charge in [0.15, 0.2) is 0 Å². The molecule has 112 valence electrons. The molecule has 1 atom stereocenters. The summed E-state index contributed by atoms with van der Waals surface area (Å²) in [5.41, 5.74) is 3.96. The zero-order chi connectivity index (χ0) is 14.4. The van der Waals surface area contributed by atoms with E-state index in [1.165, 1.54) is 16.7 Å². The maximum absolute atomic E-state index is 6.09. The Balaban J connectivity index is 1.98. The Morgan fingerprint density at radius 2 is 1.85 bits per heavy atom. The molecule has 0 amide bonds. The number of benzene rings is 1. The fourth-order valence-electron chi connectivity index (χ4n) is 2.81. The Labute approximate surface area is 122 Å². The molecule has 3 heteroatoms. The van der Waals surface area contributed by atoms with Gasteiger partial charge in [-0.3, -0.25) is 0 Å². The van der Waals surface area contributed by atoms with Gasteiger partial charge in [-0.15, -0.1) is 0 Å². The van der Waals surface area contributed by atoms with Gasteiger partial charge >= 0.3 is 0 Å². The Morgan fingerprint density at radius 1 is 1.20 bits per heavy atom. The Kier molecular flexibility index (Phi) is 6.02. The Bertz CT molecular complexity index is 393. The van der Waals surface area contributed by atoms with E-state index in [0.717, 1.165) is 39.2 Å². The van der Waals surface area contributed by atoms with Crippen LogP contribution in [0.25, 0.3) is 0 Å². The molecule has 0 aliphatic carbocycles. The van der Waals surface area contributed by atoms with Crippen LogP contribution < -0.4 is 5.32 Å². The molecule has 1 unspecified atom stereocenters. The van der Waals surface area contributed by atoms with Crippen molar-refractivity contribution in [2.75, 3.05) is 26.4 Å². The average molecular weight is 277 g/mol. The number of hydrogen-bond acceptors (Lipinski definition) is 3. The van der Waals surface area contributed by atoms with Crippen LogP contribution in [0.4, 0.5) is 0 Å². The second-order valence-electron chi connectivity index (χ2n) is 5.68. The lowest BCUT2D eigenvalue weighted by molar-refractivity contribution is -0.0382. The van der Waals surface area contributed by atoms with Crippen LogP contribution in [0.5, 0.6) is 0 Å². The molecular formula is C17H27NO2. The maximum Gasteiger partial charge on any atom is 0.0665 e. The predicted molar refractivity (Wildman–Crippen MR) is 82.1 cm³/mol. The van der Waals surface area contributed by atoms with Gasteiger partial charge in [-0.05, 0) is 38.8 Å². The van der Waals surface area contributed by atoms with Crippen molar-refractivity contribution in [1.29, 1.82) is 0 Å². The van der Waals surface area contributed by atoms with Gasteiger partial charge in [-0.2, -0.15) is 0 Å². The second kappa shape index (κ2) is 7.77. The van der Waals surface area contributed by atoms with E-state index in [0.29, 0.717) is 6.10 Å². The van der Waals surface area contributed by atoms with E-state index in [4.69, 9.17) is 9.47 Å². The van der Waals surface area contributed by atoms with E-state index < -0.39 is 0 Å². The first-order valence-electron chi connectivity index (χ1n) is 7.70. The molecule has 0 radical (unpaired) electrons. The molecule has 0 saturated carbocycles. The van der Waals surface area contributed by atoms with Crippen molar-refractivity contribution in [2.24, 2.45) is 0 Å². The summed E-state index contributed by atoms with van der Waals surface area (Å²) in [6, 6.07) is 7.01. The zero-order valence-electron chi connectivity index (χ0n) is 12.9. The van der Waals surface area contributed by atoms with Crippen LogP contribution in [0.1, 0.15) is 42.5 Å². The van der Waals surface area contributed by atoms with Crippen molar-refractivity contribution in [2.45, 2.75) is 45.8 Å². The summed E-state index contributed by atoms with van der Waals surface area (Å²) < 4.78 is 11.5. The third kappa shape index (κ3) is 4.58. The first-order chi connectivity index (χ1) is 9.69. The number of likely N-dealkylation sites (N-methyl/N-ethyl adjacent to an activating group) is 1. The molecule has 1 N–H and O–H groups in total. The lowest BCUT2D eigenvalue weighted by atomic mass is 10.0. The molecule has 0 aromatic heterocycles. The molecule has 1 aromatic carbocycles. The fourth-order valence-corrected chi connectivity index (χ4v) is 2.81. The highest BCUT2D eigenvalue weighted by Gasteiger charge is 2.17. The van der Waals surface area contributed by atoms with E-state index in [2.05, 4.69) is 44.3 Å². The van der Waals surface area contributed by atoms with E-state index in [-0.39, 0.29) is 6.04 Å². The van der Waals surface area contributed by atoms with Crippen molar-refractivity contribution in [3.63, 3.8) is 0 Å². The molecule has 1 aromatic rings. The summed E-state index contributed by atoms with van der Waals surface area (Å²) in [7, 11) is 0. The average Bonchev–Trinajstić information content (AvgIpc) is 2.43. The van der Waals surface area contributed by atoms with Crippen LogP contribution >= 0.6 is 0 Å². The van der Waals surface area contributed by atoms with E-state index in [9.17, 15) is 0 Å².